The van der Waals surface area contributed by atoms with Gasteiger partial charge < -0.3 is 30.2 Å². The summed E-state index contributed by atoms with van der Waals surface area (Å²) in [6, 6.07) is 10.8. The highest BCUT2D eigenvalue weighted by Gasteiger charge is 2.15. The average molecular weight is 418 g/mol. The molecule has 3 N–H and O–H groups in total. The van der Waals surface area contributed by atoms with Crippen LogP contribution in [0.1, 0.15) is 20.3 Å². The van der Waals surface area contributed by atoms with Gasteiger partial charge in [0.1, 0.15) is 17.2 Å². The molecule has 0 heterocycles. The molecule has 7 nitrogen and oxygen atoms in total. The number of thiocarbonyl (C=S) groups is 1. The Morgan fingerprint density at radius 3 is 2.10 bits per heavy atom. The molecule has 29 heavy (non-hydrogen) atoms. The monoisotopic (exact) mass is 417 g/mol. The highest BCUT2D eigenvalue weighted by molar-refractivity contribution is 7.80. The smallest absolute Gasteiger partial charge is 0.224 e. The van der Waals surface area contributed by atoms with Crippen molar-refractivity contribution in [2.45, 2.75) is 20.3 Å². The zero-order valence-corrected chi connectivity index (χ0v) is 18.1. The lowest BCUT2D eigenvalue weighted by atomic mass is 10.1. The van der Waals surface area contributed by atoms with Gasteiger partial charge in [-0.25, -0.2) is 0 Å². The van der Waals surface area contributed by atoms with E-state index in [1.807, 2.05) is 38.1 Å². The second-order valence-electron chi connectivity index (χ2n) is 6.71. The molecule has 0 aliphatic carbocycles. The molecule has 8 heteroatoms. The molecule has 0 saturated heterocycles. The number of hydrogen-bond acceptors (Lipinski definition) is 5. The van der Waals surface area contributed by atoms with Crippen molar-refractivity contribution in [1.82, 2.24) is 0 Å². The summed E-state index contributed by atoms with van der Waals surface area (Å²) in [5, 5.41) is 9.43. The van der Waals surface area contributed by atoms with Crippen molar-refractivity contribution in [3.63, 3.8) is 0 Å². The zero-order valence-electron chi connectivity index (χ0n) is 17.3. The van der Waals surface area contributed by atoms with Crippen LogP contribution in [0.25, 0.3) is 0 Å². The number of rotatable bonds is 8. The summed E-state index contributed by atoms with van der Waals surface area (Å²) in [7, 11) is 4.69. The van der Waals surface area contributed by atoms with Crippen LogP contribution in [-0.4, -0.2) is 32.3 Å². The van der Waals surface area contributed by atoms with E-state index in [4.69, 9.17) is 26.4 Å². The fraction of sp³-hybridized carbons (Fsp3) is 0.333. The normalized spacial score (nSPS) is 10.3. The zero-order chi connectivity index (χ0) is 21.4. The van der Waals surface area contributed by atoms with Crippen LogP contribution in [0.2, 0.25) is 0 Å². The van der Waals surface area contributed by atoms with E-state index in [-0.39, 0.29) is 11.8 Å². The first-order valence-electron chi connectivity index (χ1n) is 9.14. The fourth-order valence-corrected chi connectivity index (χ4v) is 2.88. The van der Waals surface area contributed by atoms with Crippen molar-refractivity contribution in [3.8, 4) is 17.2 Å². The molecule has 0 bridgehead atoms. The maximum Gasteiger partial charge on any atom is 0.224 e. The van der Waals surface area contributed by atoms with Crippen LogP contribution in [0.15, 0.2) is 36.4 Å². The van der Waals surface area contributed by atoms with Crippen molar-refractivity contribution < 1.29 is 19.0 Å². The number of carbonyl (C=O) groups excluding carboxylic acids is 1. The highest BCUT2D eigenvalue weighted by atomic mass is 32.1. The Hall–Kier alpha value is -3.00. The van der Waals surface area contributed by atoms with Gasteiger partial charge in [0.15, 0.2) is 5.11 Å². The number of hydrogen-bond donors (Lipinski definition) is 3. The van der Waals surface area contributed by atoms with Crippen molar-refractivity contribution in [2.24, 2.45) is 5.92 Å². The number of amides is 1. The van der Waals surface area contributed by atoms with Crippen LogP contribution in [0.3, 0.4) is 0 Å². The van der Waals surface area contributed by atoms with E-state index in [9.17, 15) is 4.79 Å². The summed E-state index contributed by atoms with van der Waals surface area (Å²) >= 11 is 5.41. The summed E-state index contributed by atoms with van der Waals surface area (Å²) in [5.74, 6) is 1.90. The van der Waals surface area contributed by atoms with Crippen molar-refractivity contribution in [1.29, 1.82) is 0 Å². The quantitative estimate of drug-likeness (QED) is 0.546. The standard InChI is InChI=1S/C21H27N3O4S/c1-13(2)9-20(25)23-16-11-19(28-5)17(12-18(16)27-4)24-21(29)22-14-7-6-8-15(10-14)26-3/h6-8,10-13H,9H2,1-5H3,(H,23,25)(H2,22,24,29). The molecule has 0 aromatic heterocycles. The summed E-state index contributed by atoms with van der Waals surface area (Å²) < 4.78 is 16.1. The lowest BCUT2D eigenvalue weighted by molar-refractivity contribution is -0.116. The Labute approximate surface area is 176 Å². The van der Waals surface area contributed by atoms with Crippen LogP contribution < -0.4 is 30.2 Å². The number of carbonyl (C=O) groups is 1. The van der Waals surface area contributed by atoms with Gasteiger partial charge in [-0.3, -0.25) is 4.79 Å². The minimum Gasteiger partial charge on any atom is -0.497 e. The maximum atomic E-state index is 12.1. The highest BCUT2D eigenvalue weighted by Crippen LogP contribution is 2.36. The molecule has 2 aromatic carbocycles. The first kappa shape index (κ1) is 22.3. The van der Waals surface area contributed by atoms with E-state index in [0.717, 1.165) is 11.4 Å². The van der Waals surface area contributed by atoms with Gasteiger partial charge in [-0.2, -0.15) is 0 Å². The minimum absolute atomic E-state index is 0.0868. The fourth-order valence-electron chi connectivity index (χ4n) is 2.65. The number of benzene rings is 2. The number of nitrogens with one attached hydrogen (secondary N) is 3. The van der Waals surface area contributed by atoms with Gasteiger partial charge in [0, 0.05) is 30.3 Å². The Morgan fingerprint density at radius 1 is 0.931 bits per heavy atom. The molecular weight excluding hydrogens is 390 g/mol. The number of ether oxygens (including phenoxy) is 3. The Bertz CT molecular complexity index is 871. The first-order valence-corrected chi connectivity index (χ1v) is 9.55. The second kappa shape index (κ2) is 10.5. The van der Waals surface area contributed by atoms with Crippen LogP contribution in [0, 0.1) is 5.92 Å². The third kappa shape index (κ3) is 6.53. The largest absolute Gasteiger partial charge is 0.497 e. The van der Waals surface area contributed by atoms with E-state index in [1.165, 1.54) is 7.11 Å². The van der Waals surface area contributed by atoms with Gasteiger partial charge in [-0.1, -0.05) is 19.9 Å². The third-order valence-corrected chi connectivity index (χ3v) is 4.17. The van der Waals surface area contributed by atoms with Crippen LogP contribution in [0.4, 0.5) is 17.1 Å². The topological polar surface area (TPSA) is 80.9 Å². The average Bonchev–Trinajstić information content (AvgIpc) is 2.68. The maximum absolute atomic E-state index is 12.1. The summed E-state index contributed by atoms with van der Waals surface area (Å²) in [5.41, 5.74) is 1.92. The van der Waals surface area contributed by atoms with Gasteiger partial charge in [0.2, 0.25) is 5.91 Å². The van der Waals surface area contributed by atoms with Crippen LogP contribution in [-0.2, 0) is 4.79 Å². The molecule has 0 aliphatic rings. The van der Waals surface area contributed by atoms with Gasteiger partial charge >= 0.3 is 0 Å². The molecule has 2 rings (SSSR count). The molecule has 156 valence electrons. The molecule has 0 atom stereocenters. The number of methoxy groups -OCH3 is 3. The Morgan fingerprint density at radius 2 is 1.55 bits per heavy atom. The number of anilines is 3. The summed E-state index contributed by atoms with van der Waals surface area (Å²) in [6.45, 7) is 3.97. The van der Waals surface area contributed by atoms with Crippen LogP contribution >= 0.6 is 12.2 Å². The molecule has 0 unspecified atom stereocenters. The molecule has 0 aliphatic heterocycles. The predicted octanol–water partition coefficient (Wildman–Crippen LogP) is 4.51. The lowest BCUT2D eigenvalue weighted by Gasteiger charge is -2.18. The van der Waals surface area contributed by atoms with E-state index >= 15 is 0 Å². The molecule has 0 spiro atoms. The van der Waals surface area contributed by atoms with Gasteiger partial charge in [0.25, 0.3) is 0 Å². The first-order chi connectivity index (χ1) is 13.9. The molecule has 0 radical (unpaired) electrons. The molecule has 0 saturated carbocycles. The van der Waals surface area contributed by atoms with Gasteiger partial charge in [-0.15, -0.1) is 0 Å². The van der Waals surface area contributed by atoms with Crippen molar-refractivity contribution >= 4 is 40.3 Å². The van der Waals surface area contributed by atoms with Gasteiger partial charge in [0.05, 0.1) is 32.7 Å². The summed E-state index contributed by atoms with van der Waals surface area (Å²) in [4.78, 5) is 12.1. The second-order valence-corrected chi connectivity index (χ2v) is 7.12. The van der Waals surface area contributed by atoms with E-state index < -0.39 is 0 Å². The van der Waals surface area contributed by atoms with Gasteiger partial charge in [-0.05, 0) is 30.3 Å². The van der Waals surface area contributed by atoms with Crippen molar-refractivity contribution in [2.75, 3.05) is 37.3 Å². The Balaban J connectivity index is 2.18. The van der Waals surface area contributed by atoms with Crippen LogP contribution in [0.5, 0.6) is 17.2 Å². The lowest BCUT2D eigenvalue weighted by Crippen LogP contribution is -2.20. The molecule has 2 aromatic rings. The van der Waals surface area contributed by atoms with E-state index in [0.29, 0.717) is 34.4 Å². The molecular formula is C21H27N3O4S. The predicted molar refractivity (Wildman–Crippen MR) is 120 cm³/mol. The van der Waals surface area contributed by atoms with Crippen molar-refractivity contribution in [3.05, 3.63) is 36.4 Å². The SMILES string of the molecule is COc1cccc(NC(=S)Nc2cc(OC)c(NC(=O)CC(C)C)cc2OC)c1. The Kier molecular flexibility index (Phi) is 8.09. The van der Waals surface area contributed by atoms with E-state index in [1.54, 1.807) is 26.4 Å². The summed E-state index contributed by atoms with van der Waals surface area (Å²) in [6.07, 6.45) is 0.417. The minimum atomic E-state index is -0.0868. The van der Waals surface area contributed by atoms with E-state index in [2.05, 4.69) is 16.0 Å². The molecule has 0 fully saturated rings. The third-order valence-electron chi connectivity index (χ3n) is 3.97. The molecule has 1 amide bonds.